The summed E-state index contributed by atoms with van der Waals surface area (Å²) in [5, 5.41) is 0. The second kappa shape index (κ2) is 5.30. The first-order valence-corrected chi connectivity index (χ1v) is 4.95. The van der Waals surface area contributed by atoms with Gasteiger partial charge >= 0.3 is 5.97 Å². The Kier molecular flexibility index (Phi) is 4.05. The second-order valence-corrected chi connectivity index (χ2v) is 3.29. The monoisotopic (exact) mass is 222 g/mol. The van der Waals surface area contributed by atoms with Gasteiger partial charge in [-0.25, -0.2) is 4.79 Å². The average Bonchev–Trinajstić information content (AvgIpc) is 2.27. The van der Waals surface area contributed by atoms with Gasteiger partial charge in [-0.15, -0.1) is 0 Å². The summed E-state index contributed by atoms with van der Waals surface area (Å²) in [6, 6.07) is 4.93. The van der Waals surface area contributed by atoms with Crippen molar-refractivity contribution >= 4 is 11.8 Å². The molecule has 0 aliphatic heterocycles. The molecule has 0 spiro atoms. The fourth-order valence-corrected chi connectivity index (χ4v) is 1.31. The number of carbonyl (C=O) groups excluding carboxylic acids is 2. The van der Waals surface area contributed by atoms with Gasteiger partial charge in [0.1, 0.15) is 5.75 Å². The highest BCUT2D eigenvalue weighted by Crippen LogP contribution is 2.17. The van der Waals surface area contributed by atoms with E-state index < -0.39 is 11.8 Å². The van der Waals surface area contributed by atoms with E-state index in [0.29, 0.717) is 5.75 Å². The predicted octanol–water partition coefficient (Wildman–Crippen LogP) is 1.75. The van der Waals surface area contributed by atoms with Gasteiger partial charge in [-0.2, -0.15) is 0 Å². The number of aryl methyl sites for hydroxylation is 1. The van der Waals surface area contributed by atoms with Crippen molar-refractivity contribution in [1.29, 1.82) is 0 Å². The molecule has 0 unspecified atom stereocenters. The maximum atomic E-state index is 11.6. The molecule has 0 fully saturated rings. The Morgan fingerprint density at radius 3 is 2.50 bits per heavy atom. The second-order valence-electron chi connectivity index (χ2n) is 3.29. The molecule has 0 atom stereocenters. The molecule has 0 saturated heterocycles. The van der Waals surface area contributed by atoms with Gasteiger partial charge in [0.05, 0.1) is 13.7 Å². The van der Waals surface area contributed by atoms with Gasteiger partial charge in [0.25, 0.3) is 5.78 Å². The highest BCUT2D eigenvalue weighted by molar-refractivity contribution is 6.40. The van der Waals surface area contributed by atoms with Crippen molar-refractivity contribution in [1.82, 2.24) is 0 Å². The van der Waals surface area contributed by atoms with Gasteiger partial charge in [0.2, 0.25) is 0 Å². The Morgan fingerprint density at radius 1 is 1.25 bits per heavy atom. The molecule has 0 bridgehead atoms. The molecule has 86 valence electrons. The zero-order chi connectivity index (χ0) is 12.1. The zero-order valence-electron chi connectivity index (χ0n) is 9.57. The molecule has 1 aromatic carbocycles. The summed E-state index contributed by atoms with van der Waals surface area (Å²) < 4.78 is 9.66. The lowest BCUT2D eigenvalue weighted by atomic mass is 10.1. The molecule has 0 radical (unpaired) electrons. The van der Waals surface area contributed by atoms with Gasteiger partial charge in [-0.3, -0.25) is 4.79 Å². The van der Waals surface area contributed by atoms with Crippen LogP contribution in [0.25, 0.3) is 0 Å². The first kappa shape index (κ1) is 12.2. The molecule has 16 heavy (non-hydrogen) atoms. The Labute approximate surface area is 94.2 Å². The maximum Gasteiger partial charge on any atom is 0.379 e. The third kappa shape index (κ3) is 2.82. The molecule has 0 aromatic heterocycles. The molecule has 0 aliphatic carbocycles. The van der Waals surface area contributed by atoms with Gasteiger partial charge in [0, 0.05) is 5.56 Å². The number of methoxy groups -OCH3 is 1. The van der Waals surface area contributed by atoms with E-state index in [4.69, 9.17) is 4.74 Å². The van der Waals surface area contributed by atoms with Crippen molar-refractivity contribution in [2.75, 3.05) is 13.7 Å². The molecule has 4 heteroatoms. The van der Waals surface area contributed by atoms with E-state index in [1.807, 2.05) is 6.92 Å². The number of esters is 1. The van der Waals surface area contributed by atoms with Gasteiger partial charge in [-0.05, 0) is 37.6 Å². The van der Waals surface area contributed by atoms with Crippen LogP contribution in [0.15, 0.2) is 18.2 Å². The molecule has 4 nitrogen and oxygen atoms in total. The Balaban J connectivity index is 2.99. The van der Waals surface area contributed by atoms with Gasteiger partial charge in [-0.1, -0.05) is 0 Å². The number of Topliss-reactive ketones (excluding diaryl/α,β-unsaturated/α-hetero) is 1. The van der Waals surface area contributed by atoms with E-state index in [-0.39, 0.29) is 12.2 Å². The lowest BCUT2D eigenvalue weighted by molar-refractivity contribution is -0.137. The number of ether oxygens (including phenoxy) is 2. The highest BCUT2D eigenvalue weighted by atomic mass is 16.5. The molecule has 0 aliphatic rings. The summed E-state index contributed by atoms with van der Waals surface area (Å²) in [6.07, 6.45) is 0. The predicted molar refractivity (Wildman–Crippen MR) is 58.7 cm³/mol. The van der Waals surface area contributed by atoms with Crippen LogP contribution < -0.4 is 4.74 Å². The van der Waals surface area contributed by atoms with Crippen molar-refractivity contribution < 1.29 is 19.1 Å². The largest absolute Gasteiger partial charge is 0.497 e. The van der Waals surface area contributed by atoms with Gasteiger partial charge in [0.15, 0.2) is 0 Å². The average molecular weight is 222 g/mol. The first-order valence-electron chi connectivity index (χ1n) is 4.95. The lowest BCUT2D eigenvalue weighted by Gasteiger charge is -2.05. The number of benzene rings is 1. The maximum absolute atomic E-state index is 11.6. The number of carbonyl (C=O) groups is 2. The van der Waals surface area contributed by atoms with Crippen molar-refractivity contribution in [3.63, 3.8) is 0 Å². The van der Waals surface area contributed by atoms with E-state index in [2.05, 4.69) is 4.74 Å². The summed E-state index contributed by atoms with van der Waals surface area (Å²) in [6.45, 7) is 3.67. The number of hydrogen-bond acceptors (Lipinski definition) is 4. The first-order chi connectivity index (χ1) is 7.58. The molecule has 1 aromatic rings. The van der Waals surface area contributed by atoms with Crippen LogP contribution in [0.2, 0.25) is 0 Å². The molecule has 1 rings (SSSR count). The van der Waals surface area contributed by atoms with Crippen molar-refractivity contribution in [3.8, 4) is 5.75 Å². The minimum atomic E-state index is -0.838. The van der Waals surface area contributed by atoms with Crippen molar-refractivity contribution in [2.45, 2.75) is 13.8 Å². The Morgan fingerprint density at radius 2 is 1.94 bits per heavy atom. The number of rotatable bonds is 4. The minimum absolute atomic E-state index is 0.188. The summed E-state index contributed by atoms with van der Waals surface area (Å²) in [7, 11) is 1.51. The van der Waals surface area contributed by atoms with Crippen molar-refractivity contribution in [3.05, 3.63) is 29.3 Å². The highest BCUT2D eigenvalue weighted by Gasteiger charge is 2.18. The standard InChI is InChI=1S/C12H14O4/c1-4-16-12(14)11(13)9-5-8(2)6-10(7-9)15-3/h5-7H,4H2,1-3H3. The van der Waals surface area contributed by atoms with Crippen LogP contribution in [0, 0.1) is 6.92 Å². The van der Waals surface area contributed by atoms with Crippen LogP contribution in [0.1, 0.15) is 22.8 Å². The van der Waals surface area contributed by atoms with Crippen LogP contribution in [-0.4, -0.2) is 25.5 Å². The third-order valence-electron chi connectivity index (χ3n) is 2.01. The molecule has 0 heterocycles. The van der Waals surface area contributed by atoms with E-state index in [9.17, 15) is 9.59 Å². The third-order valence-corrected chi connectivity index (χ3v) is 2.01. The molecule has 0 amide bonds. The molecule has 0 saturated carbocycles. The topological polar surface area (TPSA) is 52.6 Å². The van der Waals surface area contributed by atoms with Crippen molar-refractivity contribution in [2.24, 2.45) is 0 Å². The Bertz CT molecular complexity index is 409. The Hall–Kier alpha value is -1.84. The summed E-state index contributed by atoms with van der Waals surface area (Å²) in [4.78, 5) is 22.9. The molecular weight excluding hydrogens is 208 g/mol. The molecular formula is C12H14O4. The van der Waals surface area contributed by atoms with E-state index >= 15 is 0 Å². The SMILES string of the molecule is CCOC(=O)C(=O)c1cc(C)cc(OC)c1. The van der Waals surface area contributed by atoms with E-state index in [1.54, 1.807) is 19.1 Å². The van der Waals surface area contributed by atoms with Crippen LogP contribution >= 0.6 is 0 Å². The normalized spacial score (nSPS) is 9.69. The number of ketones is 1. The fourth-order valence-electron chi connectivity index (χ4n) is 1.31. The van der Waals surface area contributed by atoms with Gasteiger partial charge < -0.3 is 9.47 Å². The van der Waals surface area contributed by atoms with Crippen LogP contribution in [0.3, 0.4) is 0 Å². The fraction of sp³-hybridized carbons (Fsp3) is 0.333. The van der Waals surface area contributed by atoms with E-state index in [0.717, 1.165) is 5.56 Å². The molecule has 0 N–H and O–H groups in total. The van der Waals surface area contributed by atoms with E-state index in [1.165, 1.54) is 13.2 Å². The zero-order valence-corrected chi connectivity index (χ0v) is 9.57. The quantitative estimate of drug-likeness (QED) is 0.442. The summed E-state index contributed by atoms with van der Waals surface area (Å²) in [5.74, 6) is -0.938. The summed E-state index contributed by atoms with van der Waals surface area (Å²) >= 11 is 0. The number of hydrogen-bond donors (Lipinski definition) is 0. The smallest absolute Gasteiger partial charge is 0.379 e. The van der Waals surface area contributed by atoms with Crippen LogP contribution in [0.5, 0.6) is 5.75 Å². The lowest BCUT2D eigenvalue weighted by Crippen LogP contribution is -2.17. The minimum Gasteiger partial charge on any atom is -0.497 e. The summed E-state index contributed by atoms with van der Waals surface area (Å²) in [5.41, 5.74) is 1.14. The van der Waals surface area contributed by atoms with Crippen LogP contribution in [-0.2, 0) is 9.53 Å². The van der Waals surface area contributed by atoms with Crippen LogP contribution in [0.4, 0.5) is 0 Å².